The molecule has 0 bridgehead atoms. The summed E-state index contributed by atoms with van der Waals surface area (Å²) in [5.41, 5.74) is 1.59. The maximum absolute atomic E-state index is 4.67. The molecule has 1 fully saturated rings. The maximum Gasteiger partial charge on any atom is 0.191 e. The van der Waals surface area contributed by atoms with Crippen molar-refractivity contribution in [1.29, 1.82) is 0 Å². The molecule has 25 heavy (non-hydrogen) atoms. The Labute approximate surface area is 157 Å². The normalized spacial score (nSPS) is 15.9. The van der Waals surface area contributed by atoms with E-state index in [0.717, 1.165) is 31.4 Å². The summed E-state index contributed by atoms with van der Waals surface area (Å²) in [6.07, 6.45) is 4.15. The third-order valence-electron chi connectivity index (χ3n) is 4.65. The van der Waals surface area contributed by atoms with E-state index >= 15 is 0 Å². The van der Waals surface area contributed by atoms with Crippen LogP contribution in [0.5, 0.6) is 0 Å². The van der Waals surface area contributed by atoms with Gasteiger partial charge in [-0.25, -0.2) is 4.99 Å². The zero-order chi connectivity index (χ0) is 17.7. The van der Waals surface area contributed by atoms with Crippen LogP contribution in [0.1, 0.15) is 38.1 Å². The van der Waals surface area contributed by atoms with Crippen molar-refractivity contribution in [3.8, 4) is 0 Å². The number of hydrogen-bond donors (Lipinski definition) is 2. The average Bonchev–Trinajstić information content (AvgIpc) is 3.27. The number of nitrogens with one attached hydrogen (secondary N) is 2. The summed E-state index contributed by atoms with van der Waals surface area (Å²) in [4.78, 5) is 4.67. The molecule has 1 saturated carbocycles. The summed E-state index contributed by atoms with van der Waals surface area (Å²) in [5.74, 6) is 1.71. The van der Waals surface area contributed by atoms with Gasteiger partial charge >= 0.3 is 0 Å². The first-order valence-corrected chi connectivity index (χ1v) is 9.61. The lowest BCUT2D eigenvalue weighted by Gasteiger charge is -2.20. The molecular formula is C18H25BrN6. The molecule has 2 N–H and O–H groups in total. The fourth-order valence-electron chi connectivity index (χ4n) is 2.99. The van der Waals surface area contributed by atoms with E-state index in [1.165, 1.54) is 22.9 Å². The maximum atomic E-state index is 4.67. The van der Waals surface area contributed by atoms with Gasteiger partial charge in [0, 0.05) is 29.5 Å². The summed E-state index contributed by atoms with van der Waals surface area (Å²) < 4.78 is 3.20. The molecule has 2 aromatic rings. The number of nitrogens with zero attached hydrogens (tertiary/aromatic N) is 4. The lowest BCUT2D eigenvalue weighted by molar-refractivity contribution is 0.640. The second kappa shape index (κ2) is 7.99. The molecule has 1 heterocycles. The van der Waals surface area contributed by atoms with Crippen LogP contribution in [0.3, 0.4) is 0 Å². The number of benzene rings is 1. The highest BCUT2D eigenvalue weighted by Gasteiger charge is 2.45. The van der Waals surface area contributed by atoms with E-state index in [4.69, 9.17) is 0 Å². The van der Waals surface area contributed by atoms with Gasteiger partial charge in [0.1, 0.15) is 12.9 Å². The lowest BCUT2D eigenvalue weighted by Crippen LogP contribution is -2.41. The van der Waals surface area contributed by atoms with Crippen molar-refractivity contribution < 1.29 is 0 Å². The molecule has 0 saturated heterocycles. The summed E-state index contributed by atoms with van der Waals surface area (Å²) >= 11 is 3.69. The van der Waals surface area contributed by atoms with Crippen LogP contribution >= 0.6 is 15.9 Å². The predicted octanol–water partition coefficient (Wildman–Crippen LogP) is 2.85. The van der Waals surface area contributed by atoms with Gasteiger partial charge < -0.3 is 15.2 Å². The quantitative estimate of drug-likeness (QED) is 0.549. The van der Waals surface area contributed by atoms with Gasteiger partial charge in [0.25, 0.3) is 0 Å². The minimum Gasteiger partial charge on any atom is -0.357 e. The van der Waals surface area contributed by atoms with E-state index in [0.29, 0.717) is 6.54 Å². The first kappa shape index (κ1) is 17.9. The molecule has 0 radical (unpaired) electrons. The molecule has 0 atom stereocenters. The SMILES string of the molecule is CCNC(=NCc1nncn1CC)NCC1(c2ccccc2Br)CC1. The molecule has 6 nitrogen and oxygen atoms in total. The van der Waals surface area contributed by atoms with Gasteiger partial charge in [0.05, 0.1) is 0 Å². The second-order valence-corrected chi connectivity index (χ2v) is 7.20. The van der Waals surface area contributed by atoms with Gasteiger partial charge in [-0.15, -0.1) is 10.2 Å². The molecule has 1 aliphatic carbocycles. The number of aliphatic imine (C=N–C) groups is 1. The Kier molecular flexibility index (Phi) is 5.73. The van der Waals surface area contributed by atoms with Gasteiger partial charge in [0.15, 0.2) is 11.8 Å². The van der Waals surface area contributed by atoms with Gasteiger partial charge in [-0.1, -0.05) is 34.1 Å². The van der Waals surface area contributed by atoms with Gasteiger partial charge in [0.2, 0.25) is 0 Å². The number of aryl methyl sites for hydroxylation is 1. The van der Waals surface area contributed by atoms with Crippen LogP contribution in [0, 0.1) is 0 Å². The van der Waals surface area contributed by atoms with Crippen molar-refractivity contribution in [1.82, 2.24) is 25.4 Å². The molecule has 7 heteroatoms. The smallest absolute Gasteiger partial charge is 0.191 e. The number of hydrogen-bond acceptors (Lipinski definition) is 3. The van der Waals surface area contributed by atoms with E-state index < -0.39 is 0 Å². The molecule has 0 amide bonds. The van der Waals surface area contributed by atoms with Crippen molar-refractivity contribution >= 4 is 21.9 Å². The van der Waals surface area contributed by atoms with Crippen LogP contribution in [-0.2, 0) is 18.5 Å². The highest BCUT2D eigenvalue weighted by Crippen LogP contribution is 2.49. The van der Waals surface area contributed by atoms with Crippen LogP contribution in [0.15, 0.2) is 40.1 Å². The number of halogens is 1. The van der Waals surface area contributed by atoms with Crippen LogP contribution < -0.4 is 10.6 Å². The Bertz CT molecular complexity index is 735. The second-order valence-electron chi connectivity index (χ2n) is 6.34. The summed E-state index contributed by atoms with van der Waals surface area (Å²) in [7, 11) is 0. The third kappa shape index (κ3) is 4.21. The number of guanidine groups is 1. The molecule has 134 valence electrons. The fourth-order valence-corrected chi connectivity index (χ4v) is 3.70. The van der Waals surface area contributed by atoms with Crippen molar-refractivity contribution in [2.75, 3.05) is 13.1 Å². The summed E-state index contributed by atoms with van der Waals surface area (Å²) in [6, 6.07) is 8.50. The van der Waals surface area contributed by atoms with E-state index in [1.807, 2.05) is 4.57 Å². The Morgan fingerprint density at radius 3 is 2.76 bits per heavy atom. The molecule has 1 aromatic heterocycles. The van der Waals surface area contributed by atoms with E-state index in [-0.39, 0.29) is 5.41 Å². The zero-order valence-electron chi connectivity index (χ0n) is 14.8. The van der Waals surface area contributed by atoms with Crippen molar-refractivity contribution in [3.63, 3.8) is 0 Å². The highest BCUT2D eigenvalue weighted by atomic mass is 79.9. The first-order valence-electron chi connectivity index (χ1n) is 8.82. The number of rotatable bonds is 7. The van der Waals surface area contributed by atoms with Gasteiger partial charge in [-0.2, -0.15) is 0 Å². The van der Waals surface area contributed by atoms with Crippen LogP contribution in [0.4, 0.5) is 0 Å². The van der Waals surface area contributed by atoms with Crippen LogP contribution in [0.25, 0.3) is 0 Å². The van der Waals surface area contributed by atoms with Crippen LogP contribution in [-0.4, -0.2) is 33.8 Å². The standard InChI is InChI=1S/C18H25BrN6/c1-3-20-17(21-11-16-24-23-13-25(16)4-2)22-12-18(9-10-18)14-7-5-6-8-15(14)19/h5-8,13H,3-4,9-12H2,1-2H3,(H2,20,21,22). The summed E-state index contributed by atoms with van der Waals surface area (Å²) in [6.45, 7) is 7.23. The van der Waals surface area contributed by atoms with E-state index in [2.05, 4.69) is 79.9 Å². The van der Waals surface area contributed by atoms with Crippen molar-refractivity contribution in [2.45, 2.75) is 45.2 Å². The lowest BCUT2D eigenvalue weighted by atomic mass is 9.96. The van der Waals surface area contributed by atoms with Crippen molar-refractivity contribution in [2.24, 2.45) is 4.99 Å². The van der Waals surface area contributed by atoms with Crippen molar-refractivity contribution in [3.05, 3.63) is 46.5 Å². The molecule has 3 rings (SSSR count). The minimum absolute atomic E-state index is 0.208. The van der Waals surface area contributed by atoms with Gasteiger partial charge in [-0.05, 0) is 38.3 Å². The monoisotopic (exact) mass is 404 g/mol. The predicted molar refractivity (Wildman–Crippen MR) is 104 cm³/mol. The molecular weight excluding hydrogens is 380 g/mol. The molecule has 0 aliphatic heterocycles. The molecule has 1 aromatic carbocycles. The minimum atomic E-state index is 0.208. The third-order valence-corrected chi connectivity index (χ3v) is 5.34. The average molecular weight is 405 g/mol. The molecule has 0 spiro atoms. The molecule has 0 unspecified atom stereocenters. The first-order chi connectivity index (χ1) is 12.2. The Morgan fingerprint density at radius 2 is 2.08 bits per heavy atom. The van der Waals surface area contributed by atoms with Gasteiger partial charge in [-0.3, -0.25) is 0 Å². The zero-order valence-corrected chi connectivity index (χ0v) is 16.4. The highest BCUT2D eigenvalue weighted by molar-refractivity contribution is 9.10. The Morgan fingerprint density at radius 1 is 1.28 bits per heavy atom. The largest absolute Gasteiger partial charge is 0.357 e. The Balaban J connectivity index is 1.66. The topological polar surface area (TPSA) is 67.1 Å². The molecule has 1 aliphatic rings. The fraction of sp³-hybridized carbons (Fsp3) is 0.500. The van der Waals surface area contributed by atoms with Crippen LogP contribution in [0.2, 0.25) is 0 Å². The van der Waals surface area contributed by atoms with E-state index in [9.17, 15) is 0 Å². The van der Waals surface area contributed by atoms with E-state index in [1.54, 1.807) is 6.33 Å². The Hall–Kier alpha value is -1.89. The summed E-state index contributed by atoms with van der Waals surface area (Å²) in [5, 5.41) is 14.9. The number of aromatic nitrogens is 3.